The highest BCUT2D eigenvalue weighted by Gasteiger charge is 2.23. The number of aromatic nitrogens is 2. The second-order valence-corrected chi connectivity index (χ2v) is 5.09. The highest BCUT2D eigenvalue weighted by atomic mass is 16.2. The van der Waals surface area contributed by atoms with Gasteiger partial charge in [0, 0.05) is 18.0 Å². The first-order valence-corrected chi connectivity index (χ1v) is 6.86. The fourth-order valence-electron chi connectivity index (χ4n) is 2.69. The van der Waals surface area contributed by atoms with Crippen molar-refractivity contribution in [2.45, 2.75) is 25.3 Å². The van der Waals surface area contributed by atoms with Gasteiger partial charge in [0.15, 0.2) is 0 Å². The molecule has 3 N–H and O–H groups in total. The van der Waals surface area contributed by atoms with Gasteiger partial charge in [0.05, 0.1) is 6.04 Å². The molecule has 1 aliphatic rings. The number of nitrogens with one attached hydrogen (secondary N) is 3. The molecular formula is C15H15N3O3. The largest absolute Gasteiger partial charge is 0.345 e. The fraction of sp³-hybridized carbons (Fsp3) is 0.267. The Hall–Kier alpha value is -2.63. The molecule has 6 nitrogen and oxygen atoms in total. The zero-order chi connectivity index (χ0) is 14.8. The molecule has 6 heteroatoms. The van der Waals surface area contributed by atoms with E-state index in [9.17, 15) is 14.4 Å². The van der Waals surface area contributed by atoms with Crippen LogP contribution in [0.25, 0.3) is 0 Å². The molecular weight excluding hydrogens is 270 g/mol. The van der Waals surface area contributed by atoms with Gasteiger partial charge < -0.3 is 15.3 Å². The lowest BCUT2D eigenvalue weighted by molar-refractivity contribution is 0.0931. The number of aromatic amines is 2. The highest BCUT2D eigenvalue weighted by molar-refractivity contribution is 5.94. The summed E-state index contributed by atoms with van der Waals surface area (Å²) in [5, 5.41) is 2.87. The van der Waals surface area contributed by atoms with E-state index in [1.54, 1.807) is 12.1 Å². The maximum Gasteiger partial charge on any atom is 0.260 e. The molecule has 0 aromatic carbocycles. The Kier molecular flexibility index (Phi) is 3.43. The maximum absolute atomic E-state index is 12.2. The van der Waals surface area contributed by atoms with Crippen molar-refractivity contribution < 1.29 is 4.79 Å². The number of H-pyrrole nitrogens is 2. The average molecular weight is 285 g/mol. The van der Waals surface area contributed by atoms with Crippen LogP contribution in [0.15, 0.2) is 40.1 Å². The molecule has 21 heavy (non-hydrogen) atoms. The lowest BCUT2D eigenvalue weighted by Crippen LogP contribution is -2.35. The summed E-state index contributed by atoms with van der Waals surface area (Å²) in [5.74, 6) is -0.402. The van der Waals surface area contributed by atoms with Crippen molar-refractivity contribution in [3.8, 4) is 0 Å². The molecule has 1 aliphatic carbocycles. The minimum atomic E-state index is -0.410. The van der Waals surface area contributed by atoms with Gasteiger partial charge in [-0.25, -0.2) is 0 Å². The van der Waals surface area contributed by atoms with E-state index in [4.69, 9.17) is 0 Å². The Morgan fingerprint density at radius 3 is 2.90 bits per heavy atom. The molecule has 1 amide bonds. The molecule has 0 radical (unpaired) electrons. The summed E-state index contributed by atoms with van der Waals surface area (Å²) < 4.78 is 0. The van der Waals surface area contributed by atoms with Crippen molar-refractivity contribution in [2.75, 3.05) is 0 Å². The van der Waals surface area contributed by atoms with Gasteiger partial charge in [0.25, 0.3) is 11.5 Å². The minimum Gasteiger partial charge on any atom is -0.345 e. The number of pyridine rings is 2. The number of hydrogen-bond donors (Lipinski definition) is 3. The van der Waals surface area contributed by atoms with Gasteiger partial charge in [-0.3, -0.25) is 14.4 Å². The second-order valence-electron chi connectivity index (χ2n) is 5.09. The monoisotopic (exact) mass is 285 g/mol. The Morgan fingerprint density at radius 2 is 2.10 bits per heavy atom. The van der Waals surface area contributed by atoms with Crippen LogP contribution in [0.3, 0.4) is 0 Å². The zero-order valence-electron chi connectivity index (χ0n) is 11.3. The summed E-state index contributed by atoms with van der Waals surface area (Å²) in [6.45, 7) is 0. The van der Waals surface area contributed by atoms with Crippen LogP contribution in [0.5, 0.6) is 0 Å². The maximum atomic E-state index is 12.2. The van der Waals surface area contributed by atoms with Crippen LogP contribution >= 0.6 is 0 Å². The number of rotatable bonds is 2. The van der Waals surface area contributed by atoms with Crippen LogP contribution in [-0.2, 0) is 6.42 Å². The number of aryl methyl sites for hydroxylation is 1. The van der Waals surface area contributed by atoms with Gasteiger partial charge in [-0.15, -0.1) is 0 Å². The molecule has 0 spiro atoms. The van der Waals surface area contributed by atoms with E-state index in [0.717, 1.165) is 30.5 Å². The van der Waals surface area contributed by atoms with Gasteiger partial charge in [0.1, 0.15) is 5.56 Å². The van der Waals surface area contributed by atoms with Crippen molar-refractivity contribution in [3.63, 3.8) is 0 Å². The Bertz CT molecular complexity index is 791. The van der Waals surface area contributed by atoms with Crippen LogP contribution < -0.4 is 16.4 Å². The molecule has 0 saturated carbocycles. The number of carbonyl (C=O) groups excluding carboxylic acids is 1. The van der Waals surface area contributed by atoms with E-state index in [0.29, 0.717) is 0 Å². The number of fused-ring (bicyclic) bond motifs is 1. The molecule has 2 aromatic rings. The highest BCUT2D eigenvalue weighted by Crippen LogP contribution is 2.27. The SMILES string of the molecule is O=C(N[C@H]1CCCc2[nH]c(=O)ccc21)c1ccc[nH]c1=O. The fourth-order valence-corrected chi connectivity index (χ4v) is 2.69. The molecule has 0 fully saturated rings. The van der Waals surface area contributed by atoms with Crippen molar-refractivity contribution in [3.05, 3.63) is 68.0 Å². The van der Waals surface area contributed by atoms with E-state index < -0.39 is 11.5 Å². The van der Waals surface area contributed by atoms with Crippen molar-refractivity contribution in [1.82, 2.24) is 15.3 Å². The van der Waals surface area contributed by atoms with Gasteiger partial charge in [0.2, 0.25) is 5.56 Å². The molecule has 108 valence electrons. The normalized spacial score (nSPS) is 17.0. The molecule has 2 heterocycles. The van der Waals surface area contributed by atoms with Crippen molar-refractivity contribution in [1.29, 1.82) is 0 Å². The smallest absolute Gasteiger partial charge is 0.260 e. The Labute approximate surface area is 120 Å². The van der Waals surface area contributed by atoms with Crippen molar-refractivity contribution >= 4 is 5.91 Å². The second kappa shape index (κ2) is 5.40. The molecule has 1 atom stereocenters. The van der Waals surface area contributed by atoms with Gasteiger partial charge >= 0.3 is 0 Å². The third-order valence-electron chi connectivity index (χ3n) is 3.70. The van der Waals surface area contributed by atoms with E-state index in [1.807, 2.05) is 0 Å². The minimum absolute atomic E-state index is 0.0917. The standard InChI is InChI=1S/C15H15N3O3/c19-13-7-6-9-11(17-13)4-1-5-12(9)18-15(21)10-3-2-8-16-14(10)20/h2-3,6-8,12H,1,4-5H2,(H,16,20)(H,17,19)(H,18,21)/t12-/m0/s1. The lowest BCUT2D eigenvalue weighted by atomic mass is 9.91. The lowest BCUT2D eigenvalue weighted by Gasteiger charge is -2.25. The van der Waals surface area contributed by atoms with Crippen LogP contribution in [-0.4, -0.2) is 15.9 Å². The quantitative estimate of drug-likeness (QED) is 0.764. The summed E-state index contributed by atoms with van der Waals surface area (Å²) in [6.07, 6.45) is 3.95. The Balaban J connectivity index is 1.87. The molecule has 0 saturated heterocycles. The number of carbonyl (C=O) groups is 1. The topological polar surface area (TPSA) is 94.8 Å². The average Bonchev–Trinajstić information content (AvgIpc) is 2.47. The molecule has 3 rings (SSSR count). The summed E-state index contributed by atoms with van der Waals surface area (Å²) in [7, 11) is 0. The van der Waals surface area contributed by atoms with E-state index in [-0.39, 0.29) is 17.2 Å². The van der Waals surface area contributed by atoms with Crippen molar-refractivity contribution in [2.24, 2.45) is 0 Å². The third kappa shape index (κ3) is 2.65. The van der Waals surface area contributed by atoms with E-state index in [2.05, 4.69) is 15.3 Å². The first-order valence-electron chi connectivity index (χ1n) is 6.86. The summed E-state index contributed by atoms with van der Waals surface area (Å²) in [6, 6.07) is 6.12. The van der Waals surface area contributed by atoms with Gasteiger partial charge in [-0.05, 0) is 43.0 Å². The zero-order valence-corrected chi connectivity index (χ0v) is 11.3. The predicted octanol–water partition coefficient (Wildman–Crippen LogP) is 0.871. The number of amides is 1. The summed E-state index contributed by atoms with van der Waals surface area (Å²) >= 11 is 0. The first kappa shape index (κ1) is 13.4. The van der Waals surface area contributed by atoms with E-state index >= 15 is 0 Å². The molecule has 0 bridgehead atoms. The molecule has 2 aromatic heterocycles. The first-order chi connectivity index (χ1) is 10.1. The molecule has 0 aliphatic heterocycles. The molecule has 0 unspecified atom stereocenters. The number of hydrogen-bond acceptors (Lipinski definition) is 3. The third-order valence-corrected chi connectivity index (χ3v) is 3.70. The van der Waals surface area contributed by atoms with Crippen LogP contribution in [0, 0.1) is 0 Å². The predicted molar refractivity (Wildman–Crippen MR) is 77.3 cm³/mol. The van der Waals surface area contributed by atoms with Gasteiger partial charge in [-0.1, -0.05) is 0 Å². The van der Waals surface area contributed by atoms with Crippen LogP contribution in [0.1, 0.15) is 40.5 Å². The van der Waals surface area contributed by atoms with E-state index in [1.165, 1.54) is 18.3 Å². The summed E-state index contributed by atoms with van der Waals surface area (Å²) in [4.78, 5) is 40.5. The van der Waals surface area contributed by atoms with Gasteiger partial charge in [-0.2, -0.15) is 0 Å². The Morgan fingerprint density at radius 1 is 1.24 bits per heavy atom. The summed E-state index contributed by atoms with van der Waals surface area (Å²) in [5.41, 5.74) is 1.32. The van der Waals surface area contributed by atoms with Crippen LogP contribution in [0.2, 0.25) is 0 Å². The van der Waals surface area contributed by atoms with Crippen LogP contribution in [0.4, 0.5) is 0 Å².